The van der Waals surface area contributed by atoms with Crippen LogP contribution in [-0.4, -0.2) is 32.5 Å². The highest BCUT2D eigenvalue weighted by Crippen LogP contribution is 1.95. The van der Waals surface area contributed by atoms with Gasteiger partial charge >= 0.3 is 0 Å². The van der Waals surface area contributed by atoms with Crippen molar-refractivity contribution in [2.75, 3.05) is 6.54 Å². The van der Waals surface area contributed by atoms with E-state index in [1.165, 1.54) is 12.3 Å². The minimum atomic E-state index is -1.34. The molecule has 2 N–H and O–H groups in total. The van der Waals surface area contributed by atoms with Gasteiger partial charge in [0, 0.05) is 19.2 Å². The van der Waals surface area contributed by atoms with Crippen LogP contribution in [0.25, 0.3) is 0 Å². The number of aliphatic imine (C=N–C) groups is 1. The first-order chi connectivity index (χ1) is 7.07. The molecule has 0 amide bonds. The first-order valence-corrected chi connectivity index (χ1v) is 4.96. The molecule has 82 valence electrons. The summed E-state index contributed by atoms with van der Waals surface area (Å²) in [4.78, 5) is 15.0. The van der Waals surface area contributed by atoms with E-state index < -0.39 is 6.07 Å². The lowest BCUT2D eigenvalue weighted by Gasteiger charge is -1.97. The average molecular weight is 210 g/mol. The Morgan fingerprint density at radius 3 is 2.87 bits per heavy atom. The number of nitrogens with two attached hydrogens (primary N) is 1. The van der Waals surface area contributed by atoms with Crippen molar-refractivity contribution >= 4 is 19.8 Å². The zero-order valence-corrected chi connectivity index (χ0v) is 8.95. The Balaban J connectivity index is 3.88. The fraction of sp³-hybridized carbons (Fsp3) is 0.600. The van der Waals surface area contributed by atoms with Crippen LogP contribution in [0.15, 0.2) is 16.8 Å². The molecule has 0 aromatic carbocycles. The van der Waals surface area contributed by atoms with Crippen molar-refractivity contribution in [1.82, 2.24) is 0 Å². The summed E-state index contributed by atoms with van der Waals surface area (Å²) in [6.07, 6.45) is 2.87. The van der Waals surface area contributed by atoms with Crippen molar-refractivity contribution in [3.8, 4) is 0 Å². The van der Waals surface area contributed by atoms with E-state index in [2.05, 4.69) is 4.99 Å². The largest absolute Gasteiger partial charge is 0.396 e. The summed E-state index contributed by atoms with van der Waals surface area (Å²) in [5.41, 5.74) is 5.65. The molecule has 1 atom stereocenters. The number of hydrogen-bond acceptors (Lipinski definition) is 3. The van der Waals surface area contributed by atoms with E-state index in [0.29, 0.717) is 13.0 Å². The average Bonchev–Trinajstić information content (AvgIpc) is 2.16. The highest BCUT2D eigenvalue weighted by atomic mass is 19.1. The molecule has 5 heteroatoms. The van der Waals surface area contributed by atoms with Crippen LogP contribution in [0.5, 0.6) is 0 Å². The summed E-state index contributed by atoms with van der Waals surface area (Å²) in [6, 6.07) is 0. The summed E-state index contributed by atoms with van der Waals surface area (Å²) in [7, 11) is 4.89. The number of hydrogen-bond donors (Lipinski definition) is 1. The standard InChI is InChI=1S/C10H16BFN2O/c1-2-3-9(15)8(13)4-6-14-7-5-10(11)12/h4,6,10H,2-3,5,7,13H2,1H3. The smallest absolute Gasteiger partial charge is 0.178 e. The summed E-state index contributed by atoms with van der Waals surface area (Å²) >= 11 is 0. The number of nitrogens with zero attached hydrogens (tertiary/aromatic N) is 1. The maximum absolute atomic E-state index is 12.1. The summed E-state index contributed by atoms with van der Waals surface area (Å²) < 4.78 is 12.1. The summed E-state index contributed by atoms with van der Waals surface area (Å²) in [5, 5.41) is 0. The van der Waals surface area contributed by atoms with Gasteiger partial charge in [-0.05, 0) is 18.9 Å². The number of Topliss-reactive ketones (excluding diaryl/α,β-unsaturated/α-hetero) is 1. The molecular formula is C10H16BFN2O. The molecule has 0 bridgehead atoms. The lowest BCUT2D eigenvalue weighted by Crippen LogP contribution is -2.10. The second-order valence-electron chi connectivity index (χ2n) is 3.16. The van der Waals surface area contributed by atoms with Crippen molar-refractivity contribution < 1.29 is 9.18 Å². The Labute approximate surface area is 91.0 Å². The van der Waals surface area contributed by atoms with E-state index in [1.807, 2.05) is 6.92 Å². The van der Waals surface area contributed by atoms with Gasteiger partial charge in [-0.2, -0.15) is 0 Å². The normalized spacial score (nSPS) is 14.4. The van der Waals surface area contributed by atoms with Crippen molar-refractivity contribution in [1.29, 1.82) is 0 Å². The zero-order chi connectivity index (χ0) is 11.7. The maximum atomic E-state index is 12.1. The molecule has 0 saturated heterocycles. The Kier molecular flexibility index (Phi) is 7.59. The topological polar surface area (TPSA) is 55.4 Å². The van der Waals surface area contributed by atoms with E-state index in [-0.39, 0.29) is 17.9 Å². The van der Waals surface area contributed by atoms with E-state index in [4.69, 9.17) is 13.6 Å². The molecule has 2 radical (unpaired) electrons. The molecule has 0 aliphatic rings. The van der Waals surface area contributed by atoms with Gasteiger partial charge in [0.05, 0.1) is 11.8 Å². The van der Waals surface area contributed by atoms with Crippen LogP contribution in [0.2, 0.25) is 0 Å². The molecule has 0 aliphatic heterocycles. The van der Waals surface area contributed by atoms with E-state index >= 15 is 0 Å². The van der Waals surface area contributed by atoms with E-state index in [9.17, 15) is 9.18 Å². The van der Waals surface area contributed by atoms with Crippen LogP contribution in [0.3, 0.4) is 0 Å². The third-order valence-corrected chi connectivity index (χ3v) is 1.69. The SMILES string of the molecule is [B]C(F)CCN=CC=C(N)C(=O)CCC. The molecule has 0 aromatic rings. The van der Waals surface area contributed by atoms with Gasteiger partial charge in [0.25, 0.3) is 0 Å². The van der Waals surface area contributed by atoms with Crippen LogP contribution < -0.4 is 5.73 Å². The number of alkyl halides is 1. The predicted molar refractivity (Wildman–Crippen MR) is 60.8 cm³/mol. The number of allylic oxidation sites excluding steroid dienone is 2. The fourth-order valence-electron chi connectivity index (χ4n) is 0.870. The molecule has 0 rings (SSSR count). The second-order valence-corrected chi connectivity index (χ2v) is 3.16. The number of halogens is 1. The second kappa shape index (κ2) is 8.21. The minimum Gasteiger partial charge on any atom is -0.396 e. The molecule has 0 aromatic heterocycles. The van der Waals surface area contributed by atoms with Gasteiger partial charge in [0.15, 0.2) is 5.78 Å². The molecule has 0 aliphatic carbocycles. The van der Waals surface area contributed by atoms with Crippen LogP contribution in [0.1, 0.15) is 26.2 Å². The van der Waals surface area contributed by atoms with Gasteiger partial charge < -0.3 is 5.73 Å². The van der Waals surface area contributed by atoms with Crippen LogP contribution >= 0.6 is 0 Å². The van der Waals surface area contributed by atoms with E-state index in [1.54, 1.807) is 0 Å². The zero-order valence-electron chi connectivity index (χ0n) is 8.95. The van der Waals surface area contributed by atoms with Crippen LogP contribution in [-0.2, 0) is 4.79 Å². The first-order valence-electron chi connectivity index (χ1n) is 4.96. The summed E-state index contributed by atoms with van der Waals surface area (Å²) in [6.45, 7) is 2.20. The first kappa shape index (κ1) is 13.9. The molecular weight excluding hydrogens is 194 g/mol. The van der Waals surface area contributed by atoms with Crippen LogP contribution in [0.4, 0.5) is 4.39 Å². The number of carbonyl (C=O) groups excluding carboxylic acids is 1. The minimum absolute atomic E-state index is 0.0915. The highest BCUT2D eigenvalue weighted by molar-refractivity contribution is 6.10. The molecule has 0 fully saturated rings. The monoisotopic (exact) mass is 210 g/mol. The summed E-state index contributed by atoms with van der Waals surface area (Å²) in [5.74, 6) is -0.0915. The van der Waals surface area contributed by atoms with Gasteiger partial charge in [-0.25, -0.2) is 0 Å². The van der Waals surface area contributed by atoms with Gasteiger partial charge in [-0.15, -0.1) is 0 Å². The molecule has 1 unspecified atom stereocenters. The molecule has 0 saturated carbocycles. The Morgan fingerprint density at radius 2 is 2.33 bits per heavy atom. The van der Waals surface area contributed by atoms with Crippen molar-refractivity contribution in [3.63, 3.8) is 0 Å². The maximum Gasteiger partial charge on any atom is 0.178 e. The highest BCUT2D eigenvalue weighted by Gasteiger charge is 2.01. The molecule has 0 spiro atoms. The molecule has 3 nitrogen and oxygen atoms in total. The molecule has 15 heavy (non-hydrogen) atoms. The number of rotatable bonds is 7. The Bertz CT molecular complexity index is 252. The third-order valence-electron chi connectivity index (χ3n) is 1.69. The molecule has 0 heterocycles. The van der Waals surface area contributed by atoms with Crippen molar-refractivity contribution in [2.45, 2.75) is 32.3 Å². The van der Waals surface area contributed by atoms with Gasteiger partial charge in [0.2, 0.25) is 0 Å². The number of ketones is 1. The number of carbonyl (C=O) groups is 1. The predicted octanol–water partition coefficient (Wildman–Crippen LogP) is 1.12. The van der Waals surface area contributed by atoms with Crippen molar-refractivity contribution in [3.05, 3.63) is 11.8 Å². The van der Waals surface area contributed by atoms with Gasteiger partial charge in [-0.1, -0.05) is 6.92 Å². The van der Waals surface area contributed by atoms with E-state index in [0.717, 1.165) is 6.42 Å². The van der Waals surface area contributed by atoms with Crippen LogP contribution in [0, 0.1) is 0 Å². The third kappa shape index (κ3) is 7.91. The Morgan fingerprint density at radius 1 is 1.67 bits per heavy atom. The van der Waals surface area contributed by atoms with Crippen molar-refractivity contribution in [2.24, 2.45) is 10.7 Å². The van der Waals surface area contributed by atoms with Gasteiger partial charge in [-0.3, -0.25) is 14.2 Å². The lowest BCUT2D eigenvalue weighted by molar-refractivity contribution is -0.115. The lowest BCUT2D eigenvalue weighted by atomic mass is 9.99. The fourth-order valence-corrected chi connectivity index (χ4v) is 0.870. The van der Waals surface area contributed by atoms with Gasteiger partial charge in [0.1, 0.15) is 7.85 Å². The Hall–Kier alpha value is -1.13. The quantitative estimate of drug-likeness (QED) is 0.389.